The average molecular weight is 291 g/mol. The van der Waals surface area contributed by atoms with E-state index < -0.39 is 0 Å². The SMILES string of the molecule is CCNCCNC(=O)CNC(=O)CCc1ccc(C)cc1. The summed E-state index contributed by atoms with van der Waals surface area (Å²) in [5, 5.41) is 8.48. The van der Waals surface area contributed by atoms with Gasteiger partial charge in [0.25, 0.3) is 0 Å². The van der Waals surface area contributed by atoms with Gasteiger partial charge in [0, 0.05) is 19.5 Å². The Labute approximate surface area is 126 Å². The molecule has 0 aromatic heterocycles. The van der Waals surface area contributed by atoms with Crippen LogP contribution in [0, 0.1) is 6.92 Å². The molecule has 0 unspecified atom stereocenters. The number of likely N-dealkylation sites (N-methyl/N-ethyl adjacent to an activating group) is 1. The first kappa shape index (κ1) is 17.2. The normalized spacial score (nSPS) is 10.2. The molecule has 2 amide bonds. The van der Waals surface area contributed by atoms with Crippen LogP contribution >= 0.6 is 0 Å². The van der Waals surface area contributed by atoms with Crippen molar-refractivity contribution in [2.45, 2.75) is 26.7 Å². The van der Waals surface area contributed by atoms with Gasteiger partial charge in [-0.05, 0) is 25.5 Å². The first-order chi connectivity index (χ1) is 10.1. The summed E-state index contributed by atoms with van der Waals surface area (Å²) in [6, 6.07) is 8.11. The molecule has 116 valence electrons. The van der Waals surface area contributed by atoms with E-state index in [2.05, 4.69) is 16.0 Å². The highest BCUT2D eigenvalue weighted by Gasteiger charge is 2.05. The lowest BCUT2D eigenvalue weighted by Gasteiger charge is -2.07. The zero-order valence-electron chi connectivity index (χ0n) is 12.9. The number of hydrogen-bond donors (Lipinski definition) is 3. The fourth-order valence-electron chi connectivity index (χ4n) is 1.81. The van der Waals surface area contributed by atoms with E-state index in [1.165, 1.54) is 5.56 Å². The van der Waals surface area contributed by atoms with Gasteiger partial charge < -0.3 is 16.0 Å². The zero-order valence-corrected chi connectivity index (χ0v) is 12.9. The summed E-state index contributed by atoms with van der Waals surface area (Å²) in [5.41, 5.74) is 2.34. The van der Waals surface area contributed by atoms with Gasteiger partial charge in [0.2, 0.25) is 11.8 Å². The summed E-state index contributed by atoms with van der Waals surface area (Å²) < 4.78 is 0. The van der Waals surface area contributed by atoms with Crippen molar-refractivity contribution >= 4 is 11.8 Å². The molecule has 5 heteroatoms. The fraction of sp³-hybridized carbons (Fsp3) is 0.500. The van der Waals surface area contributed by atoms with Gasteiger partial charge in [0.15, 0.2) is 0 Å². The van der Waals surface area contributed by atoms with Gasteiger partial charge in [-0.1, -0.05) is 36.8 Å². The molecule has 1 aromatic rings. The molecule has 0 fully saturated rings. The second-order valence-corrected chi connectivity index (χ2v) is 4.97. The molecule has 21 heavy (non-hydrogen) atoms. The molecule has 3 N–H and O–H groups in total. The van der Waals surface area contributed by atoms with Crippen molar-refractivity contribution in [2.75, 3.05) is 26.2 Å². The van der Waals surface area contributed by atoms with Gasteiger partial charge in [0.05, 0.1) is 6.54 Å². The van der Waals surface area contributed by atoms with Crippen molar-refractivity contribution in [1.29, 1.82) is 0 Å². The van der Waals surface area contributed by atoms with E-state index in [0.717, 1.165) is 18.7 Å². The molecule has 5 nitrogen and oxygen atoms in total. The highest BCUT2D eigenvalue weighted by molar-refractivity contribution is 5.84. The van der Waals surface area contributed by atoms with Crippen LogP contribution in [0.2, 0.25) is 0 Å². The second kappa shape index (κ2) is 9.94. The lowest BCUT2D eigenvalue weighted by atomic mass is 10.1. The maximum atomic E-state index is 11.7. The minimum atomic E-state index is -0.156. The van der Waals surface area contributed by atoms with Gasteiger partial charge in [-0.3, -0.25) is 9.59 Å². The maximum absolute atomic E-state index is 11.7. The largest absolute Gasteiger partial charge is 0.353 e. The molecule has 0 aliphatic carbocycles. The Bertz CT molecular complexity index is 443. The van der Waals surface area contributed by atoms with E-state index in [-0.39, 0.29) is 18.4 Å². The number of nitrogens with one attached hydrogen (secondary N) is 3. The van der Waals surface area contributed by atoms with Crippen LogP contribution in [0.1, 0.15) is 24.5 Å². The van der Waals surface area contributed by atoms with Gasteiger partial charge in [0.1, 0.15) is 0 Å². The maximum Gasteiger partial charge on any atom is 0.239 e. The van der Waals surface area contributed by atoms with E-state index >= 15 is 0 Å². The van der Waals surface area contributed by atoms with E-state index in [1.807, 2.05) is 38.1 Å². The third-order valence-corrected chi connectivity index (χ3v) is 3.08. The molecule has 0 atom stereocenters. The van der Waals surface area contributed by atoms with Gasteiger partial charge in [-0.15, -0.1) is 0 Å². The molecule has 1 aromatic carbocycles. The highest BCUT2D eigenvalue weighted by Crippen LogP contribution is 2.05. The first-order valence-corrected chi connectivity index (χ1v) is 7.41. The van der Waals surface area contributed by atoms with Crippen LogP contribution in [-0.4, -0.2) is 38.0 Å². The number of benzene rings is 1. The highest BCUT2D eigenvalue weighted by atomic mass is 16.2. The van der Waals surface area contributed by atoms with Gasteiger partial charge in [-0.2, -0.15) is 0 Å². The average Bonchev–Trinajstić information content (AvgIpc) is 2.49. The summed E-state index contributed by atoms with van der Waals surface area (Å²) in [7, 11) is 0. The van der Waals surface area contributed by atoms with Crippen molar-refractivity contribution in [3.63, 3.8) is 0 Å². The van der Waals surface area contributed by atoms with Crippen LogP contribution in [0.4, 0.5) is 0 Å². The molecule has 0 aliphatic heterocycles. The van der Waals surface area contributed by atoms with Crippen molar-refractivity contribution in [1.82, 2.24) is 16.0 Å². The van der Waals surface area contributed by atoms with Crippen molar-refractivity contribution in [3.05, 3.63) is 35.4 Å². The Hall–Kier alpha value is -1.88. The second-order valence-electron chi connectivity index (χ2n) is 4.97. The van der Waals surface area contributed by atoms with Crippen LogP contribution in [0.5, 0.6) is 0 Å². The molecular weight excluding hydrogens is 266 g/mol. The standard InChI is InChI=1S/C16H25N3O2/c1-3-17-10-11-18-16(21)12-19-15(20)9-8-14-6-4-13(2)5-7-14/h4-7,17H,3,8-12H2,1-2H3,(H,18,21)(H,19,20). The first-order valence-electron chi connectivity index (χ1n) is 7.41. The van der Waals surface area contributed by atoms with E-state index in [0.29, 0.717) is 19.4 Å². The lowest BCUT2D eigenvalue weighted by Crippen LogP contribution is -2.39. The van der Waals surface area contributed by atoms with Crippen LogP contribution in [0.3, 0.4) is 0 Å². The summed E-state index contributed by atoms with van der Waals surface area (Å²) in [6.07, 6.45) is 1.09. The molecular formula is C16H25N3O2. The predicted octanol–water partition coefficient (Wildman–Crippen LogP) is 0.770. The Morgan fingerprint density at radius 2 is 1.71 bits per heavy atom. The van der Waals surface area contributed by atoms with E-state index in [4.69, 9.17) is 0 Å². The molecule has 0 spiro atoms. The van der Waals surface area contributed by atoms with Crippen LogP contribution in [0.25, 0.3) is 0 Å². The molecule has 0 saturated carbocycles. The predicted molar refractivity (Wildman–Crippen MR) is 84.1 cm³/mol. The Morgan fingerprint density at radius 3 is 2.38 bits per heavy atom. The number of amides is 2. The number of carbonyl (C=O) groups excluding carboxylic acids is 2. The summed E-state index contributed by atoms with van der Waals surface area (Å²) >= 11 is 0. The summed E-state index contributed by atoms with van der Waals surface area (Å²) in [5.74, 6) is -0.256. The monoisotopic (exact) mass is 291 g/mol. The van der Waals surface area contributed by atoms with Gasteiger partial charge in [-0.25, -0.2) is 0 Å². The summed E-state index contributed by atoms with van der Waals surface area (Å²) in [4.78, 5) is 23.1. The lowest BCUT2D eigenvalue weighted by molar-refractivity contribution is -0.126. The summed E-state index contributed by atoms with van der Waals surface area (Å²) in [6.45, 7) is 6.28. The molecule has 1 rings (SSSR count). The third-order valence-electron chi connectivity index (χ3n) is 3.08. The Morgan fingerprint density at radius 1 is 1.00 bits per heavy atom. The number of hydrogen-bond acceptors (Lipinski definition) is 3. The third kappa shape index (κ3) is 8.09. The van der Waals surface area contributed by atoms with Crippen molar-refractivity contribution in [3.8, 4) is 0 Å². The van der Waals surface area contributed by atoms with Crippen molar-refractivity contribution in [2.24, 2.45) is 0 Å². The molecule has 0 heterocycles. The van der Waals surface area contributed by atoms with E-state index in [9.17, 15) is 9.59 Å². The Kier molecular flexibility index (Phi) is 8.12. The number of carbonyl (C=O) groups is 2. The number of rotatable bonds is 9. The van der Waals surface area contributed by atoms with Crippen LogP contribution in [-0.2, 0) is 16.0 Å². The zero-order chi connectivity index (χ0) is 15.5. The Balaban J connectivity index is 2.13. The smallest absolute Gasteiger partial charge is 0.239 e. The van der Waals surface area contributed by atoms with E-state index in [1.54, 1.807) is 0 Å². The molecule has 0 bridgehead atoms. The fourth-order valence-corrected chi connectivity index (χ4v) is 1.81. The number of aryl methyl sites for hydroxylation is 2. The minimum Gasteiger partial charge on any atom is -0.353 e. The molecule has 0 radical (unpaired) electrons. The van der Waals surface area contributed by atoms with Gasteiger partial charge >= 0.3 is 0 Å². The minimum absolute atomic E-state index is 0.0405. The van der Waals surface area contributed by atoms with Crippen LogP contribution < -0.4 is 16.0 Å². The van der Waals surface area contributed by atoms with Crippen LogP contribution in [0.15, 0.2) is 24.3 Å². The molecule has 0 aliphatic rings. The van der Waals surface area contributed by atoms with Crippen molar-refractivity contribution < 1.29 is 9.59 Å². The topological polar surface area (TPSA) is 70.2 Å². The quantitative estimate of drug-likeness (QED) is 0.589. The molecule has 0 saturated heterocycles.